The third kappa shape index (κ3) is 5.20. The van der Waals surface area contributed by atoms with Gasteiger partial charge in [-0.2, -0.15) is 0 Å². The topological polar surface area (TPSA) is 55.8 Å². The van der Waals surface area contributed by atoms with Crippen LogP contribution in [0, 0.1) is 5.92 Å². The van der Waals surface area contributed by atoms with E-state index in [1.165, 1.54) is 12.0 Å². The number of rotatable bonds is 4. The van der Waals surface area contributed by atoms with E-state index in [2.05, 4.69) is 56.5 Å². The molecule has 0 bridgehead atoms. The van der Waals surface area contributed by atoms with Crippen LogP contribution in [0.4, 0.5) is 5.82 Å². The van der Waals surface area contributed by atoms with E-state index in [0.717, 1.165) is 50.4 Å². The summed E-state index contributed by atoms with van der Waals surface area (Å²) in [5.74, 6) is 2.73. The Morgan fingerprint density at radius 3 is 2.67 bits per heavy atom. The Labute approximate surface area is 162 Å². The molecule has 2 fully saturated rings. The normalized spacial score (nSPS) is 24.3. The molecule has 2 aliphatic rings. The molecule has 1 saturated heterocycles. The monoisotopic (exact) mass is 444 g/mol. The third-order valence-corrected chi connectivity index (χ3v) is 4.75. The van der Waals surface area contributed by atoms with Crippen molar-refractivity contribution >= 4 is 35.8 Å². The van der Waals surface area contributed by atoms with Gasteiger partial charge in [-0.15, -0.1) is 24.0 Å². The van der Waals surface area contributed by atoms with Crippen LogP contribution in [-0.2, 0) is 6.54 Å². The lowest BCUT2D eigenvalue weighted by Crippen LogP contribution is -2.44. The number of piperazine rings is 1. The van der Waals surface area contributed by atoms with Gasteiger partial charge in [-0.3, -0.25) is 4.99 Å². The lowest BCUT2D eigenvalue weighted by atomic mass is 10.2. The number of anilines is 1. The Morgan fingerprint density at radius 1 is 1.33 bits per heavy atom. The molecule has 0 radical (unpaired) electrons. The van der Waals surface area contributed by atoms with Crippen molar-refractivity contribution in [3.8, 4) is 0 Å². The Balaban J connectivity index is 0.00000208. The lowest BCUT2D eigenvalue weighted by molar-refractivity contribution is 0.312. The minimum Gasteiger partial charge on any atom is -0.354 e. The summed E-state index contributed by atoms with van der Waals surface area (Å²) >= 11 is 0. The van der Waals surface area contributed by atoms with Crippen LogP contribution in [0.15, 0.2) is 23.3 Å². The molecule has 24 heavy (non-hydrogen) atoms. The van der Waals surface area contributed by atoms with Crippen molar-refractivity contribution in [2.45, 2.75) is 25.9 Å². The quantitative estimate of drug-likeness (QED) is 0.419. The van der Waals surface area contributed by atoms with Gasteiger partial charge in [-0.25, -0.2) is 4.98 Å². The summed E-state index contributed by atoms with van der Waals surface area (Å²) in [4.78, 5) is 13.6. The molecule has 1 aliphatic carbocycles. The van der Waals surface area contributed by atoms with Crippen LogP contribution in [0.25, 0.3) is 0 Å². The fraction of sp³-hybridized carbons (Fsp3) is 0.647. The number of nitrogens with zero attached hydrogens (tertiary/aromatic N) is 4. The van der Waals surface area contributed by atoms with E-state index in [0.29, 0.717) is 6.04 Å². The molecule has 2 N–H and O–H groups in total. The van der Waals surface area contributed by atoms with Gasteiger partial charge in [-0.05, 0) is 37.1 Å². The number of pyridine rings is 1. The summed E-state index contributed by atoms with van der Waals surface area (Å²) in [5.41, 5.74) is 1.24. The van der Waals surface area contributed by atoms with Crippen LogP contribution in [0.1, 0.15) is 18.9 Å². The van der Waals surface area contributed by atoms with Gasteiger partial charge in [0.1, 0.15) is 5.82 Å². The van der Waals surface area contributed by atoms with Crippen molar-refractivity contribution < 1.29 is 0 Å². The van der Waals surface area contributed by atoms with Gasteiger partial charge in [0.05, 0.1) is 0 Å². The number of nitrogens with one attached hydrogen (secondary N) is 2. The van der Waals surface area contributed by atoms with Crippen molar-refractivity contribution in [2.75, 3.05) is 45.2 Å². The van der Waals surface area contributed by atoms with Crippen LogP contribution in [0.2, 0.25) is 0 Å². The average Bonchev–Trinajstić information content (AvgIpc) is 3.27. The summed E-state index contributed by atoms with van der Waals surface area (Å²) < 4.78 is 0. The Bertz CT molecular complexity index is 556. The first-order chi connectivity index (χ1) is 11.2. The van der Waals surface area contributed by atoms with Crippen molar-refractivity contribution in [1.82, 2.24) is 20.5 Å². The molecule has 1 aliphatic heterocycles. The Morgan fingerprint density at radius 2 is 2.04 bits per heavy atom. The first-order valence-corrected chi connectivity index (χ1v) is 8.51. The zero-order valence-corrected chi connectivity index (χ0v) is 17.2. The largest absolute Gasteiger partial charge is 0.354 e. The third-order valence-electron chi connectivity index (χ3n) is 4.75. The lowest BCUT2D eigenvalue weighted by Gasteiger charge is -2.33. The van der Waals surface area contributed by atoms with E-state index in [1.54, 1.807) is 0 Å². The summed E-state index contributed by atoms with van der Waals surface area (Å²) in [7, 11) is 4.00. The molecule has 2 heterocycles. The highest BCUT2D eigenvalue weighted by molar-refractivity contribution is 14.0. The molecule has 6 nitrogen and oxygen atoms in total. The van der Waals surface area contributed by atoms with Gasteiger partial charge >= 0.3 is 0 Å². The SMILES string of the molecule is CN=C(NCc1ccnc(N2CCN(C)CC2)c1)NC1CC1C.I. The summed E-state index contributed by atoms with van der Waals surface area (Å²) in [6.07, 6.45) is 3.15. The molecule has 1 saturated carbocycles. The molecule has 0 aromatic carbocycles. The first kappa shape index (κ1) is 19.2. The number of aromatic nitrogens is 1. The minimum atomic E-state index is 0. The molecule has 7 heteroatoms. The predicted molar refractivity (Wildman–Crippen MR) is 110 cm³/mol. The van der Waals surface area contributed by atoms with Gasteiger partial charge in [0.2, 0.25) is 0 Å². The van der Waals surface area contributed by atoms with Gasteiger partial charge in [0, 0.05) is 52.0 Å². The van der Waals surface area contributed by atoms with Crippen molar-refractivity contribution in [3.05, 3.63) is 23.9 Å². The average molecular weight is 444 g/mol. The van der Waals surface area contributed by atoms with Crippen LogP contribution in [0.5, 0.6) is 0 Å². The number of halogens is 1. The molecule has 0 spiro atoms. The van der Waals surface area contributed by atoms with Crippen molar-refractivity contribution in [1.29, 1.82) is 0 Å². The number of aliphatic imine (C=N–C) groups is 1. The van der Waals surface area contributed by atoms with Crippen LogP contribution < -0.4 is 15.5 Å². The maximum absolute atomic E-state index is 4.54. The molecular formula is C17H29IN6. The Hall–Kier alpha value is -1.09. The second-order valence-electron chi connectivity index (χ2n) is 6.70. The summed E-state index contributed by atoms with van der Waals surface area (Å²) in [6, 6.07) is 4.84. The molecule has 1 aromatic rings. The highest BCUT2D eigenvalue weighted by Gasteiger charge is 2.33. The molecular weight excluding hydrogens is 415 g/mol. The van der Waals surface area contributed by atoms with E-state index in [4.69, 9.17) is 0 Å². The molecule has 2 atom stereocenters. The van der Waals surface area contributed by atoms with Gasteiger partial charge < -0.3 is 20.4 Å². The van der Waals surface area contributed by atoms with Crippen LogP contribution in [0.3, 0.4) is 0 Å². The molecule has 1 aromatic heterocycles. The minimum absolute atomic E-state index is 0. The zero-order chi connectivity index (χ0) is 16.2. The smallest absolute Gasteiger partial charge is 0.191 e. The van der Waals surface area contributed by atoms with E-state index in [1.807, 2.05) is 13.2 Å². The second-order valence-corrected chi connectivity index (χ2v) is 6.70. The Kier molecular flexibility index (Phi) is 7.09. The van der Waals surface area contributed by atoms with E-state index in [9.17, 15) is 0 Å². The van der Waals surface area contributed by atoms with E-state index in [-0.39, 0.29) is 24.0 Å². The highest BCUT2D eigenvalue weighted by atomic mass is 127. The number of guanidine groups is 1. The maximum atomic E-state index is 4.54. The van der Waals surface area contributed by atoms with Gasteiger partial charge in [-0.1, -0.05) is 6.92 Å². The fourth-order valence-electron chi connectivity index (χ4n) is 2.86. The molecule has 3 rings (SSSR count). The number of likely N-dealkylation sites (N-methyl/N-ethyl adjacent to an activating group) is 1. The molecule has 134 valence electrons. The standard InChI is InChI=1S/C17H28N6.HI/c1-13-10-15(13)21-17(18-2)20-12-14-4-5-19-16(11-14)23-8-6-22(3)7-9-23;/h4-5,11,13,15H,6-10,12H2,1-3H3,(H2,18,20,21);1H. The maximum Gasteiger partial charge on any atom is 0.191 e. The predicted octanol–water partition coefficient (Wildman–Crippen LogP) is 1.52. The number of hydrogen-bond donors (Lipinski definition) is 2. The van der Waals surface area contributed by atoms with Crippen LogP contribution in [-0.4, -0.2) is 62.2 Å². The summed E-state index contributed by atoms with van der Waals surface area (Å²) in [6.45, 7) is 7.31. The van der Waals surface area contributed by atoms with E-state index < -0.39 is 0 Å². The van der Waals surface area contributed by atoms with Crippen molar-refractivity contribution in [2.24, 2.45) is 10.9 Å². The number of hydrogen-bond acceptors (Lipinski definition) is 4. The molecule has 0 amide bonds. The van der Waals surface area contributed by atoms with Crippen molar-refractivity contribution in [3.63, 3.8) is 0 Å². The summed E-state index contributed by atoms with van der Waals surface area (Å²) in [5, 5.41) is 6.85. The van der Waals surface area contributed by atoms with Gasteiger partial charge in [0.15, 0.2) is 5.96 Å². The van der Waals surface area contributed by atoms with Gasteiger partial charge in [0.25, 0.3) is 0 Å². The highest BCUT2D eigenvalue weighted by Crippen LogP contribution is 2.28. The first-order valence-electron chi connectivity index (χ1n) is 8.51. The zero-order valence-electron chi connectivity index (χ0n) is 14.8. The van der Waals surface area contributed by atoms with E-state index >= 15 is 0 Å². The fourth-order valence-corrected chi connectivity index (χ4v) is 2.86. The van der Waals surface area contributed by atoms with Crippen LogP contribution >= 0.6 is 24.0 Å². The molecule has 2 unspecified atom stereocenters. The second kappa shape index (κ2) is 8.84.